The molecule has 0 atom stereocenters. The van der Waals surface area contributed by atoms with E-state index in [1.54, 1.807) is 0 Å². The van der Waals surface area contributed by atoms with Gasteiger partial charge in [-0.15, -0.1) is 22.7 Å². The zero-order valence-corrected chi connectivity index (χ0v) is 28.5. The summed E-state index contributed by atoms with van der Waals surface area (Å²) in [5.74, 6) is 0. The van der Waals surface area contributed by atoms with E-state index < -0.39 is 0 Å². The van der Waals surface area contributed by atoms with Crippen molar-refractivity contribution in [3.05, 3.63) is 170 Å². The van der Waals surface area contributed by atoms with E-state index in [4.69, 9.17) is 0 Å². The number of aromatic nitrogens is 1. The van der Waals surface area contributed by atoms with Crippen molar-refractivity contribution >= 4 is 113 Å². The summed E-state index contributed by atoms with van der Waals surface area (Å²) in [5, 5.41) is 10.2. The summed E-state index contributed by atoms with van der Waals surface area (Å²) in [6.45, 7) is 0. The van der Waals surface area contributed by atoms with Crippen molar-refractivity contribution in [1.29, 1.82) is 0 Å². The van der Waals surface area contributed by atoms with Crippen LogP contribution < -0.4 is 4.90 Å². The predicted molar refractivity (Wildman–Crippen MR) is 219 cm³/mol. The van der Waals surface area contributed by atoms with Crippen molar-refractivity contribution in [3.8, 4) is 5.69 Å². The van der Waals surface area contributed by atoms with Crippen molar-refractivity contribution in [1.82, 2.24) is 4.57 Å². The summed E-state index contributed by atoms with van der Waals surface area (Å²) in [7, 11) is 0. The number of hydrogen-bond donors (Lipinski definition) is 0. The van der Waals surface area contributed by atoms with Gasteiger partial charge in [0.05, 0.1) is 28.1 Å². The fraction of sp³-hybridized carbons (Fsp3) is 0. The van der Waals surface area contributed by atoms with E-state index in [2.05, 4.69) is 179 Å². The zero-order valence-electron chi connectivity index (χ0n) is 26.9. The largest absolute Gasteiger partial charge is 0.307 e. The molecule has 0 spiro atoms. The van der Waals surface area contributed by atoms with E-state index in [1.807, 2.05) is 22.7 Å². The van der Waals surface area contributed by atoms with Gasteiger partial charge in [-0.1, -0.05) is 103 Å². The molecule has 0 N–H and O–H groups in total. The van der Waals surface area contributed by atoms with E-state index in [0.29, 0.717) is 0 Å². The second kappa shape index (κ2) is 10.8. The molecule has 0 unspecified atom stereocenters. The Hall–Kier alpha value is -5.94. The summed E-state index contributed by atoms with van der Waals surface area (Å²) in [6, 6.07) is 62.5. The first-order valence-electron chi connectivity index (χ1n) is 16.9. The maximum atomic E-state index is 2.56. The molecule has 3 aromatic heterocycles. The Morgan fingerprint density at radius 1 is 0.380 bits per heavy atom. The van der Waals surface area contributed by atoms with Crippen LogP contribution in [0, 0.1) is 0 Å². The minimum absolute atomic E-state index is 1.15. The van der Waals surface area contributed by atoms with Crippen molar-refractivity contribution in [3.63, 3.8) is 0 Å². The van der Waals surface area contributed by atoms with Crippen molar-refractivity contribution in [2.75, 3.05) is 4.90 Å². The molecule has 4 heteroatoms. The van der Waals surface area contributed by atoms with Gasteiger partial charge in [0, 0.05) is 56.8 Å². The Morgan fingerprint density at radius 3 is 1.74 bits per heavy atom. The Morgan fingerprint density at radius 2 is 0.940 bits per heavy atom. The van der Waals surface area contributed by atoms with Crippen LogP contribution in [0.3, 0.4) is 0 Å². The van der Waals surface area contributed by atoms with Crippen LogP contribution in [0.5, 0.6) is 0 Å². The standard InChI is InChI=1S/C46H28N2S2/c1-2-15-31(16-3-1)47-36-20-8-6-17-32(36)33-19-10-23-39(46(33)47)48(37-21-11-25-41-44(37)34-18-7-9-24-40(34)49-41)38-22-12-26-42-45(38)35-27-29-13-4-5-14-30(29)28-43(35)50-42/h1-28H. The quantitative estimate of drug-likeness (QED) is 0.181. The average Bonchev–Trinajstić information content (AvgIpc) is 3.84. The minimum atomic E-state index is 1.15. The Kier molecular flexibility index (Phi) is 6.03. The number of fused-ring (bicyclic) bond motifs is 10. The van der Waals surface area contributed by atoms with E-state index in [-0.39, 0.29) is 0 Å². The molecule has 0 bridgehead atoms. The summed E-state index contributed by atoms with van der Waals surface area (Å²) in [6.07, 6.45) is 0. The molecule has 0 amide bonds. The highest BCUT2D eigenvalue weighted by molar-refractivity contribution is 7.26. The van der Waals surface area contributed by atoms with E-state index >= 15 is 0 Å². The SMILES string of the molecule is c1ccc(-n2c3ccccc3c3cccc(N(c4cccc5sc6ccccc6c45)c4cccc5sc6cc7ccccc7cc6c45)c32)cc1. The third-order valence-corrected chi connectivity index (χ3v) is 12.4. The highest BCUT2D eigenvalue weighted by atomic mass is 32.1. The van der Waals surface area contributed by atoms with Gasteiger partial charge in [0.25, 0.3) is 0 Å². The second-order valence-corrected chi connectivity index (χ2v) is 15.1. The van der Waals surface area contributed by atoms with Crippen LogP contribution in [0.4, 0.5) is 17.1 Å². The number of benzene rings is 8. The molecular weight excluding hydrogens is 645 g/mol. The Labute approximate surface area is 296 Å². The lowest BCUT2D eigenvalue weighted by atomic mass is 10.0. The lowest BCUT2D eigenvalue weighted by Crippen LogP contribution is -2.12. The molecule has 11 rings (SSSR count). The van der Waals surface area contributed by atoms with Crippen molar-refractivity contribution in [2.45, 2.75) is 0 Å². The van der Waals surface area contributed by atoms with Crippen molar-refractivity contribution in [2.24, 2.45) is 0 Å². The highest BCUT2D eigenvalue weighted by Crippen LogP contribution is 2.51. The normalized spacial score (nSPS) is 12.0. The summed E-state index contributed by atoms with van der Waals surface area (Å²) in [5.41, 5.74) is 7.06. The first-order valence-corrected chi connectivity index (χ1v) is 18.6. The van der Waals surface area contributed by atoms with Gasteiger partial charge < -0.3 is 9.47 Å². The number of hydrogen-bond acceptors (Lipinski definition) is 3. The van der Waals surface area contributed by atoms with Gasteiger partial charge in [-0.05, 0) is 77.5 Å². The van der Waals surface area contributed by atoms with E-state index in [1.165, 1.54) is 84.3 Å². The first-order chi connectivity index (χ1) is 24.8. The monoisotopic (exact) mass is 672 g/mol. The molecule has 0 saturated carbocycles. The molecule has 0 aliphatic rings. The van der Waals surface area contributed by atoms with Gasteiger partial charge >= 0.3 is 0 Å². The van der Waals surface area contributed by atoms with E-state index in [0.717, 1.165) is 11.4 Å². The molecule has 3 heterocycles. The number of para-hydroxylation sites is 3. The van der Waals surface area contributed by atoms with Crippen LogP contribution in [0.25, 0.3) is 78.6 Å². The summed E-state index contributed by atoms with van der Waals surface area (Å²) < 4.78 is 7.64. The maximum Gasteiger partial charge on any atom is 0.0782 e. The van der Waals surface area contributed by atoms with Gasteiger partial charge in [0.1, 0.15) is 0 Å². The van der Waals surface area contributed by atoms with Crippen LogP contribution >= 0.6 is 22.7 Å². The van der Waals surface area contributed by atoms with Gasteiger partial charge in [-0.3, -0.25) is 0 Å². The van der Waals surface area contributed by atoms with Crippen LogP contribution in [-0.4, -0.2) is 4.57 Å². The molecule has 11 aromatic rings. The van der Waals surface area contributed by atoms with Crippen molar-refractivity contribution < 1.29 is 0 Å². The molecule has 0 fully saturated rings. The molecule has 0 aliphatic heterocycles. The Bertz CT molecular complexity index is 3110. The molecule has 8 aromatic carbocycles. The van der Waals surface area contributed by atoms with Gasteiger partial charge in [-0.25, -0.2) is 0 Å². The maximum absolute atomic E-state index is 2.56. The summed E-state index contributed by atoms with van der Waals surface area (Å²) >= 11 is 3.75. The fourth-order valence-electron chi connectivity index (χ4n) is 8.04. The van der Waals surface area contributed by atoms with Gasteiger partial charge in [0.2, 0.25) is 0 Å². The zero-order chi connectivity index (χ0) is 32.8. The number of anilines is 3. The minimum Gasteiger partial charge on any atom is -0.307 e. The summed E-state index contributed by atoms with van der Waals surface area (Å²) in [4.78, 5) is 2.56. The van der Waals surface area contributed by atoms with E-state index in [9.17, 15) is 0 Å². The van der Waals surface area contributed by atoms with Gasteiger partial charge in [-0.2, -0.15) is 0 Å². The average molecular weight is 673 g/mol. The van der Waals surface area contributed by atoms with Crippen LogP contribution in [0.2, 0.25) is 0 Å². The molecule has 2 nitrogen and oxygen atoms in total. The molecule has 50 heavy (non-hydrogen) atoms. The van der Waals surface area contributed by atoms with Crippen LogP contribution in [-0.2, 0) is 0 Å². The third-order valence-electron chi connectivity index (χ3n) is 10.1. The fourth-order valence-corrected chi connectivity index (χ4v) is 10.3. The highest BCUT2D eigenvalue weighted by Gasteiger charge is 2.26. The third kappa shape index (κ3) is 4.01. The first kappa shape index (κ1) is 28.0. The van der Waals surface area contributed by atoms with Gasteiger partial charge in [0.15, 0.2) is 0 Å². The number of rotatable bonds is 4. The smallest absolute Gasteiger partial charge is 0.0782 e. The molecule has 0 saturated heterocycles. The number of thiophene rings is 2. The lowest BCUT2D eigenvalue weighted by Gasteiger charge is -2.29. The predicted octanol–water partition coefficient (Wildman–Crippen LogP) is 14.1. The lowest BCUT2D eigenvalue weighted by molar-refractivity contribution is 1.17. The molecule has 0 radical (unpaired) electrons. The number of nitrogens with zero attached hydrogens (tertiary/aromatic N) is 2. The van der Waals surface area contributed by atoms with Crippen LogP contribution in [0.1, 0.15) is 0 Å². The Balaban J connectivity index is 1.33. The second-order valence-electron chi connectivity index (χ2n) is 12.9. The molecule has 234 valence electrons. The molecule has 0 aliphatic carbocycles. The molecular formula is C46H28N2S2. The van der Waals surface area contributed by atoms with Crippen LogP contribution in [0.15, 0.2) is 170 Å². The topological polar surface area (TPSA) is 8.17 Å².